The Morgan fingerprint density at radius 3 is 2.36 bits per heavy atom. The van der Waals surface area contributed by atoms with Crippen LogP contribution in [0.3, 0.4) is 0 Å². The smallest absolute Gasteiger partial charge is 0.424 e. The summed E-state index contributed by atoms with van der Waals surface area (Å²) >= 11 is 0. The van der Waals surface area contributed by atoms with Crippen LogP contribution in [-0.2, 0) is 25.7 Å². The first kappa shape index (κ1) is 20.0. The molecule has 1 atom stereocenters. The van der Waals surface area contributed by atoms with Crippen molar-refractivity contribution in [1.29, 1.82) is 0 Å². The van der Waals surface area contributed by atoms with E-state index in [1.165, 1.54) is 4.90 Å². The fourth-order valence-electron chi connectivity index (χ4n) is 3.57. The van der Waals surface area contributed by atoms with Crippen LogP contribution >= 0.6 is 0 Å². The number of carbonyl (C=O) groups excluding carboxylic acids is 4. The Morgan fingerprint density at radius 2 is 1.79 bits per heavy atom. The van der Waals surface area contributed by atoms with Crippen molar-refractivity contribution in [3.05, 3.63) is 29.8 Å². The molecule has 150 valence electrons. The van der Waals surface area contributed by atoms with E-state index in [1.54, 1.807) is 45.0 Å². The summed E-state index contributed by atoms with van der Waals surface area (Å²) in [5, 5.41) is 9.16. The van der Waals surface area contributed by atoms with E-state index in [0.29, 0.717) is 16.2 Å². The zero-order chi connectivity index (χ0) is 20.7. The van der Waals surface area contributed by atoms with Crippen LogP contribution in [0, 0.1) is 5.41 Å². The topological polar surface area (TPSA) is 104 Å². The molecule has 0 bridgehead atoms. The van der Waals surface area contributed by atoms with Crippen molar-refractivity contribution < 1.29 is 29.0 Å². The van der Waals surface area contributed by atoms with Gasteiger partial charge in [-0.25, -0.2) is 4.79 Å². The number of rotatable bonds is 2. The van der Waals surface area contributed by atoms with Gasteiger partial charge in [0.05, 0.1) is 12.0 Å². The van der Waals surface area contributed by atoms with Crippen LogP contribution in [0.5, 0.6) is 0 Å². The maximum Gasteiger partial charge on any atom is 0.424 e. The second-order valence-electron chi connectivity index (χ2n) is 8.28. The number of benzene rings is 1. The zero-order valence-electron chi connectivity index (χ0n) is 16.2. The van der Waals surface area contributed by atoms with E-state index >= 15 is 0 Å². The standard InChI is InChI=1S/C20H24N2O6/c1-19(2,3)28-18(27)22-15(24)8-9-20(17(22)26)10-16(25)21(12-20)14-6-4-13(11-23)5-7-14/h4-7,23H,8-12H2,1-3H3. The monoisotopic (exact) mass is 388 g/mol. The number of amides is 4. The van der Waals surface area contributed by atoms with E-state index in [9.17, 15) is 19.2 Å². The zero-order valence-corrected chi connectivity index (χ0v) is 16.2. The van der Waals surface area contributed by atoms with Crippen molar-refractivity contribution in [2.45, 2.75) is 52.2 Å². The number of anilines is 1. The van der Waals surface area contributed by atoms with Crippen molar-refractivity contribution in [3.8, 4) is 0 Å². The number of piperidine rings is 1. The van der Waals surface area contributed by atoms with E-state index in [2.05, 4.69) is 0 Å². The Hall–Kier alpha value is -2.74. The van der Waals surface area contributed by atoms with Crippen molar-refractivity contribution in [2.24, 2.45) is 5.41 Å². The molecular weight excluding hydrogens is 364 g/mol. The minimum Gasteiger partial charge on any atom is -0.443 e. The highest BCUT2D eigenvalue weighted by Gasteiger charge is 2.56. The summed E-state index contributed by atoms with van der Waals surface area (Å²) in [6.45, 7) is 4.93. The summed E-state index contributed by atoms with van der Waals surface area (Å²) in [7, 11) is 0. The van der Waals surface area contributed by atoms with Crippen molar-refractivity contribution in [2.75, 3.05) is 11.4 Å². The summed E-state index contributed by atoms with van der Waals surface area (Å²) < 4.78 is 5.21. The third-order valence-electron chi connectivity index (χ3n) is 4.98. The number of imide groups is 3. The van der Waals surface area contributed by atoms with E-state index in [0.717, 1.165) is 0 Å². The molecule has 0 aliphatic carbocycles. The maximum atomic E-state index is 13.1. The molecule has 2 fully saturated rings. The minimum absolute atomic E-state index is 0.00441. The molecular formula is C20H24N2O6. The number of aliphatic hydroxyl groups excluding tert-OH is 1. The normalized spacial score (nSPS) is 22.9. The third kappa shape index (κ3) is 3.64. The lowest BCUT2D eigenvalue weighted by Gasteiger charge is -2.36. The van der Waals surface area contributed by atoms with Gasteiger partial charge >= 0.3 is 6.09 Å². The van der Waals surface area contributed by atoms with Gasteiger partial charge in [-0.1, -0.05) is 12.1 Å². The second-order valence-corrected chi connectivity index (χ2v) is 8.28. The number of nitrogens with zero attached hydrogens (tertiary/aromatic N) is 2. The molecule has 2 saturated heterocycles. The van der Waals surface area contributed by atoms with Crippen LogP contribution in [0.15, 0.2) is 24.3 Å². The Bertz CT molecular complexity index is 826. The summed E-state index contributed by atoms with van der Waals surface area (Å²) in [5.74, 6) is -1.53. The molecule has 2 aliphatic rings. The van der Waals surface area contributed by atoms with Gasteiger partial charge in [-0.3, -0.25) is 14.4 Å². The molecule has 1 spiro atoms. The van der Waals surface area contributed by atoms with Gasteiger partial charge in [0.2, 0.25) is 17.7 Å². The number of ether oxygens (including phenoxy) is 1. The molecule has 2 aliphatic heterocycles. The van der Waals surface area contributed by atoms with Crippen LogP contribution in [0.1, 0.15) is 45.6 Å². The average Bonchev–Trinajstić information content (AvgIpc) is 2.95. The fraction of sp³-hybridized carbons (Fsp3) is 0.500. The van der Waals surface area contributed by atoms with E-state index < -0.39 is 28.9 Å². The van der Waals surface area contributed by atoms with Crippen LogP contribution in [-0.4, -0.2) is 46.0 Å². The summed E-state index contributed by atoms with van der Waals surface area (Å²) in [6.07, 6.45) is -0.865. The summed E-state index contributed by atoms with van der Waals surface area (Å²) in [6, 6.07) is 6.80. The predicted molar refractivity (Wildman–Crippen MR) is 99.1 cm³/mol. The van der Waals surface area contributed by atoms with Crippen LogP contribution in [0.25, 0.3) is 0 Å². The number of hydrogen-bond acceptors (Lipinski definition) is 6. The van der Waals surface area contributed by atoms with Crippen LogP contribution in [0.2, 0.25) is 0 Å². The highest BCUT2D eigenvalue weighted by molar-refractivity contribution is 6.15. The van der Waals surface area contributed by atoms with Crippen LogP contribution in [0.4, 0.5) is 10.5 Å². The average molecular weight is 388 g/mol. The van der Waals surface area contributed by atoms with Gasteiger partial charge < -0.3 is 14.7 Å². The lowest BCUT2D eigenvalue weighted by Crippen LogP contribution is -2.55. The van der Waals surface area contributed by atoms with Gasteiger partial charge in [-0.2, -0.15) is 4.90 Å². The van der Waals surface area contributed by atoms with Gasteiger partial charge in [0.25, 0.3) is 0 Å². The molecule has 4 amide bonds. The van der Waals surface area contributed by atoms with Crippen molar-refractivity contribution >= 4 is 29.5 Å². The molecule has 1 unspecified atom stereocenters. The largest absolute Gasteiger partial charge is 0.443 e. The van der Waals surface area contributed by atoms with E-state index in [-0.39, 0.29) is 38.3 Å². The maximum absolute atomic E-state index is 13.1. The molecule has 2 heterocycles. The quantitative estimate of drug-likeness (QED) is 0.777. The number of carbonyl (C=O) groups is 4. The van der Waals surface area contributed by atoms with E-state index in [1.807, 2.05) is 0 Å². The number of hydrogen-bond donors (Lipinski definition) is 1. The molecule has 1 N–H and O–H groups in total. The molecule has 1 aromatic rings. The predicted octanol–water partition coefficient (Wildman–Crippen LogP) is 1.99. The second kappa shape index (κ2) is 7.01. The summed E-state index contributed by atoms with van der Waals surface area (Å²) in [4.78, 5) is 52.5. The fourth-order valence-corrected chi connectivity index (χ4v) is 3.57. The minimum atomic E-state index is -1.13. The lowest BCUT2D eigenvalue weighted by atomic mass is 9.78. The SMILES string of the molecule is CC(C)(C)OC(=O)N1C(=O)CCC2(CC(=O)N(c3ccc(CO)cc3)C2)C1=O. The molecule has 28 heavy (non-hydrogen) atoms. The number of aliphatic hydroxyl groups is 1. The Balaban J connectivity index is 1.85. The van der Waals surface area contributed by atoms with Gasteiger partial charge in [0.15, 0.2) is 0 Å². The van der Waals surface area contributed by atoms with Crippen molar-refractivity contribution in [3.63, 3.8) is 0 Å². The third-order valence-corrected chi connectivity index (χ3v) is 4.98. The van der Waals surface area contributed by atoms with Gasteiger partial charge in [-0.05, 0) is 44.9 Å². The van der Waals surface area contributed by atoms with Gasteiger partial charge in [-0.15, -0.1) is 0 Å². The first-order valence-corrected chi connectivity index (χ1v) is 9.17. The number of likely N-dealkylation sites (tertiary alicyclic amines) is 1. The first-order chi connectivity index (χ1) is 13.1. The first-order valence-electron chi connectivity index (χ1n) is 9.17. The molecule has 8 nitrogen and oxygen atoms in total. The van der Waals surface area contributed by atoms with Crippen molar-refractivity contribution in [1.82, 2.24) is 4.90 Å². The Kier molecular flexibility index (Phi) is 5.01. The Labute approximate surface area is 163 Å². The molecule has 8 heteroatoms. The Morgan fingerprint density at radius 1 is 1.14 bits per heavy atom. The highest BCUT2D eigenvalue weighted by atomic mass is 16.6. The van der Waals surface area contributed by atoms with E-state index in [4.69, 9.17) is 9.84 Å². The van der Waals surface area contributed by atoms with Crippen LogP contribution < -0.4 is 4.90 Å². The molecule has 0 aromatic heterocycles. The molecule has 3 rings (SSSR count). The summed E-state index contributed by atoms with van der Waals surface area (Å²) in [5.41, 5.74) is -0.667. The van der Waals surface area contributed by atoms with Gasteiger partial charge in [0.1, 0.15) is 5.60 Å². The molecule has 0 radical (unpaired) electrons. The highest BCUT2D eigenvalue weighted by Crippen LogP contribution is 2.43. The van der Waals surface area contributed by atoms with Gasteiger partial charge in [0, 0.05) is 25.1 Å². The lowest BCUT2D eigenvalue weighted by molar-refractivity contribution is -0.155. The molecule has 0 saturated carbocycles. The molecule has 1 aromatic carbocycles.